The van der Waals surface area contributed by atoms with E-state index in [9.17, 15) is 18.4 Å². The normalized spacial score (nSPS) is 17.2. The molecule has 2 amide bonds. The number of benzene rings is 1. The third-order valence-corrected chi connectivity index (χ3v) is 4.89. The van der Waals surface area contributed by atoms with Gasteiger partial charge >= 0.3 is 0 Å². The van der Waals surface area contributed by atoms with Gasteiger partial charge in [-0.3, -0.25) is 9.59 Å². The summed E-state index contributed by atoms with van der Waals surface area (Å²) in [7, 11) is 0. The Morgan fingerprint density at radius 2 is 2.04 bits per heavy atom. The molecule has 26 heavy (non-hydrogen) atoms. The van der Waals surface area contributed by atoms with Crippen molar-refractivity contribution in [3.8, 4) is 0 Å². The van der Waals surface area contributed by atoms with E-state index in [1.807, 2.05) is 0 Å². The van der Waals surface area contributed by atoms with Crippen molar-refractivity contribution in [3.63, 3.8) is 0 Å². The minimum Gasteiger partial charge on any atom is -0.355 e. The molecule has 0 aromatic heterocycles. The van der Waals surface area contributed by atoms with Gasteiger partial charge in [-0.2, -0.15) is 0 Å². The molecule has 1 aromatic carbocycles. The number of carbonyl (C=O) groups is 2. The molecule has 1 aromatic rings. The van der Waals surface area contributed by atoms with E-state index >= 15 is 0 Å². The lowest BCUT2D eigenvalue weighted by Crippen LogP contribution is -2.39. The number of amides is 2. The van der Waals surface area contributed by atoms with Crippen molar-refractivity contribution in [2.45, 2.75) is 45.7 Å². The van der Waals surface area contributed by atoms with Gasteiger partial charge in [-0.25, -0.2) is 8.78 Å². The van der Waals surface area contributed by atoms with Crippen LogP contribution in [0.5, 0.6) is 0 Å². The van der Waals surface area contributed by atoms with Crippen LogP contribution in [0.2, 0.25) is 0 Å². The van der Waals surface area contributed by atoms with E-state index in [0.29, 0.717) is 19.4 Å². The molecule has 1 heterocycles. The molecule has 1 aliphatic heterocycles. The second-order valence-electron chi connectivity index (χ2n) is 6.51. The molecule has 1 aliphatic rings. The first kappa shape index (κ1) is 20.3. The smallest absolute Gasteiger partial charge is 0.223 e. The maximum Gasteiger partial charge on any atom is 0.223 e. The largest absolute Gasteiger partial charge is 0.355 e. The van der Waals surface area contributed by atoms with Crippen LogP contribution in [-0.2, 0) is 16.1 Å². The van der Waals surface area contributed by atoms with E-state index in [1.165, 1.54) is 17.0 Å². The van der Waals surface area contributed by atoms with Crippen molar-refractivity contribution in [1.82, 2.24) is 15.1 Å². The summed E-state index contributed by atoms with van der Waals surface area (Å²) in [6, 6.07) is 3.65. The van der Waals surface area contributed by atoms with E-state index < -0.39 is 11.6 Å². The SMILES string of the molecule is CCN(CC)CCNC(=O)CC1CCC(=O)N1Cc1cccc(F)c1F. The van der Waals surface area contributed by atoms with Crippen LogP contribution >= 0.6 is 0 Å². The fraction of sp³-hybridized carbons (Fsp3) is 0.579. The number of likely N-dealkylation sites (N-methyl/N-ethyl adjacent to an activating group) is 1. The van der Waals surface area contributed by atoms with Gasteiger partial charge in [0, 0.05) is 44.1 Å². The Balaban J connectivity index is 1.90. The topological polar surface area (TPSA) is 52.7 Å². The summed E-state index contributed by atoms with van der Waals surface area (Å²) in [5.74, 6) is -2.12. The van der Waals surface area contributed by atoms with Gasteiger partial charge in [0.1, 0.15) is 0 Å². The first-order valence-electron chi connectivity index (χ1n) is 9.17. The van der Waals surface area contributed by atoms with Gasteiger partial charge in [0.25, 0.3) is 0 Å². The predicted molar refractivity (Wildman–Crippen MR) is 95.3 cm³/mol. The van der Waals surface area contributed by atoms with Crippen LogP contribution in [0.25, 0.3) is 0 Å². The summed E-state index contributed by atoms with van der Waals surface area (Å²) in [6.45, 7) is 7.31. The monoisotopic (exact) mass is 367 g/mol. The highest BCUT2D eigenvalue weighted by atomic mass is 19.2. The molecule has 0 spiro atoms. The molecular weight excluding hydrogens is 340 g/mol. The van der Waals surface area contributed by atoms with Crippen LogP contribution < -0.4 is 5.32 Å². The van der Waals surface area contributed by atoms with E-state index in [1.54, 1.807) is 0 Å². The zero-order chi connectivity index (χ0) is 19.1. The van der Waals surface area contributed by atoms with Crippen molar-refractivity contribution >= 4 is 11.8 Å². The lowest BCUT2D eigenvalue weighted by atomic mass is 10.1. The van der Waals surface area contributed by atoms with Gasteiger partial charge in [0.05, 0.1) is 0 Å². The molecule has 5 nitrogen and oxygen atoms in total. The Bertz CT molecular complexity index is 635. The molecule has 0 radical (unpaired) electrons. The standard InChI is InChI=1S/C19H27F2N3O2/c1-3-23(4-2)11-10-22-17(25)12-15-8-9-18(26)24(15)13-14-6-5-7-16(20)19(14)21/h5-7,15H,3-4,8-13H2,1-2H3,(H,22,25). The Hall–Kier alpha value is -2.02. The summed E-state index contributed by atoms with van der Waals surface area (Å²) in [5.41, 5.74) is 0.132. The van der Waals surface area contributed by atoms with Crippen LogP contribution in [0, 0.1) is 11.6 Å². The third-order valence-electron chi connectivity index (χ3n) is 4.89. The second kappa shape index (κ2) is 9.62. The summed E-state index contributed by atoms with van der Waals surface area (Å²) >= 11 is 0. The quantitative estimate of drug-likeness (QED) is 0.729. The fourth-order valence-corrected chi connectivity index (χ4v) is 3.26. The van der Waals surface area contributed by atoms with Crippen LogP contribution in [0.15, 0.2) is 18.2 Å². The summed E-state index contributed by atoms with van der Waals surface area (Å²) in [5, 5.41) is 2.88. The zero-order valence-corrected chi connectivity index (χ0v) is 15.4. The van der Waals surface area contributed by atoms with Gasteiger partial charge in [-0.15, -0.1) is 0 Å². The van der Waals surface area contributed by atoms with Gasteiger partial charge in [0.15, 0.2) is 11.6 Å². The van der Waals surface area contributed by atoms with E-state index in [0.717, 1.165) is 25.7 Å². The Labute approximate surface area is 153 Å². The minimum atomic E-state index is -0.936. The van der Waals surface area contributed by atoms with E-state index in [2.05, 4.69) is 24.1 Å². The van der Waals surface area contributed by atoms with Crippen molar-refractivity contribution in [2.24, 2.45) is 0 Å². The lowest BCUT2D eigenvalue weighted by Gasteiger charge is -2.25. The first-order valence-corrected chi connectivity index (χ1v) is 9.17. The fourth-order valence-electron chi connectivity index (χ4n) is 3.26. The molecule has 0 saturated carbocycles. The Morgan fingerprint density at radius 1 is 1.31 bits per heavy atom. The highest BCUT2D eigenvalue weighted by Gasteiger charge is 2.33. The maximum atomic E-state index is 13.9. The van der Waals surface area contributed by atoms with Crippen LogP contribution in [0.3, 0.4) is 0 Å². The highest BCUT2D eigenvalue weighted by molar-refractivity contribution is 5.82. The molecule has 1 N–H and O–H groups in total. The average molecular weight is 367 g/mol. The van der Waals surface area contributed by atoms with E-state index in [4.69, 9.17) is 0 Å². The molecule has 1 unspecified atom stereocenters. The van der Waals surface area contributed by atoms with Crippen molar-refractivity contribution in [2.75, 3.05) is 26.2 Å². The molecule has 144 valence electrons. The molecule has 0 aliphatic carbocycles. The van der Waals surface area contributed by atoms with Crippen LogP contribution in [0.4, 0.5) is 8.78 Å². The molecule has 7 heteroatoms. The number of likely N-dealkylation sites (tertiary alicyclic amines) is 1. The van der Waals surface area contributed by atoms with Crippen LogP contribution in [0.1, 0.15) is 38.7 Å². The maximum absolute atomic E-state index is 13.9. The number of hydrogen-bond acceptors (Lipinski definition) is 3. The average Bonchev–Trinajstić information content (AvgIpc) is 2.96. The molecule has 1 atom stereocenters. The van der Waals surface area contributed by atoms with Gasteiger partial charge in [-0.1, -0.05) is 26.0 Å². The summed E-state index contributed by atoms with van der Waals surface area (Å²) in [4.78, 5) is 28.0. The minimum absolute atomic E-state index is 0.0141. The molecule has 0 bridgehead atoms. The van der Waals surface area contributed by atoms with Crippen molar-refractivity contribution < 1.29 is 18.4 Å². The third kappa shape index (κ3) is 5.24. The molecular formula is C19H27F2N3O2. The van der Waals surface area contributed by atoms with Crippen LogP contribution in [-0.4, -0.2) is 53.8 Å². The Kier molecular flexibility index (Phi) is 7.50. The zero-order valence-electron chi connectivity index (χ0n) is 15.4. The Morgan fingerprint density at radius 3 is 2.73 bits per heavy atom. The second-order valence-corrected chi connectivity index (χ2v) is 6.51. The molecule has 1 saturated heterocycles. The number of halogens is 2. The van der Waals surface area contributed by atoms with Gasteiger partial charge in [-0.05, 0) is 25.6 Å². The first-order chi connectivity index (χ1) is 12.5. The molecule has 2 rings (SSSR count). The lowest BCUT2D eigenvalue weighted by molar-refractivity contribution is -0.130. The predicted octanol–water partition coefficient (Wildman–Crippen LogP) is 2.30. The van der Waals surface area contributed by atoms with Crippen molar-refractivity contribution in [3.05, 3.63) is 35.4 Å². The number of carbonyl (C=O) groups excluding carboxylic acids is 2. The number of nitrogens with zero attached hydrogens (tertiary/aromatic N) is 2. The summed E-state index contributed by atoms with van der Waals surface area (Å²) < 4.78 is 27.3. The van der Waals surface area contributed by atoms with Gasteiger partial charge in [0.2, 0.25) is 11.8 Å². The van der Waals surface area contributed by atoms with Crippen molar-refractivity contribution in [1.29, 1.82) is 0 Å². The molecule has 1 fully saturated rings. The highest BCUT2D eigenvalue weighted by Crippen LogP contribution is 2.25. The summed E-state index contributed by atoms with van der Waals surface area (Å²) in [6.07, 6.45) is 1.06. The van der Waals surface area contributed by atoms with E-state index in [-0.39, 0.29) is 36.4 Å². The van der Waals surface area contributed by atoms with Gasteiger partial charge < -0.3 is 15.1 Å². The number of hydrogen-bond donors (Lipinski definition) is 1. The number of nitrogens with one attached hydrogen (secondary N) is 1. The number of rotatable bonds is 9.